The van der Waals surface area contributed by atoms with Crippen LogP contribution in [0.4, 0.5) is 0 Å². The van der Waals surface area contributed by atoms with Crippen molar-refractivity contribution in [1.82, 2.24) is 0 Å². The minimum Gasteiger partial charge on any atom is -0.492 e. The van der Waals surface area contributed by atoms with E-state index in [4.69, 9.17) is 26.8 Å². The average molecular weight is 323 g/mol. The molecule has 0 aliphatic heterocycles. The SMILES string of the molecule is COc1c(Br)cc(Cl)c(CC(C)(C)N)c1OC. The van der Waals surface area contributed by atoms with Gasteiger partial charge >= 0.3 is 0 Å². The van der Waals surface area contributed by atoms with Crippen LogP contribution in [0.5, 0.6) is 11.5 Å². The van der Waals surface area contributed by atoms with Gasteiger partial charge in [-0.25, -0.2) is 0 Å². The summed E-state index contributed by atoms with van der Waals surface area (Å²) in [6.45, 7) is 3.88. The smallest absolute Gasteiger partial charge is 0.175 e. The van der Waals surface area contributed by atoms with Gasteiger partial charge in [-0.2, -0.15) is 0 Å². The van der Waals surface area contributed by atoms with Crippen LogP contribution in [0.25, 0.3) is 0 Å². The maximum atomic E-state index is 6.23. The zero-order valence-corrected chi connectivity index (χ0v) is 12.8. The summed E-state index contributed by atoms with van der Waals surface area (Å²) < 4.78 is 11.5. The molecule has 0 aliphatic rings. The highest BCUT2D eigenvalue weighted by Gasteiger charge is 2.22. The van der Waals surface area contributed by atoms with E-state index in [1.807, 2.05) is 13.8 Å². The van der Waals surface area contributed by atoms with Crippen molar-refractivity contribution in [3.05, 3.63) is 21.1 Å². The maximum absolute atomic E-state index is 6.23. The van der Waals surface area contributed by atoms with Gasteiger partial charge in [0.2, 0.25) is 0 Å². The Kier molecular flexibility index (Phi) is 4.69. The van der Waals surface area contributed by atoms with Gasteiger partial charge in [-0.15, -0.1) is 0 Å². The Morgan fingerprint density at radius 1 is 1.29 bits per heavy atom. The van der Waals surface area contributed by atoms with E-state index in [2.05, 4.69) is 15.9 Å². The molecule has 96 valence electrons. The summed E-state index contributed by atoms with van der Waals surface area (Å²) in [5.41, 5.74) is 6.52. The summed E-state index contributed by atoms with van der Waals surface area (Å²) in [4.78, 5) is 0. The van der Waals surface area contributed by atoms with E-state index in [0.29, 0.717) is 22.9 Å². The first-order chi connectivity index (χ1) is 7.80. The molecule has 0 aromatic heterocycles. The highest BCUT2D eigenvalue weighted by atomic mass is 79.9. The molecular weight excluding hydrogens is 305 g/mol. The van der Waals surface area contributed by atoms with Gasteiger partial charge in [0.25, 0.3) is 0 Å². The standard InChI is InChI=1S/C12H17BrClNO2/c1-12(2,15)6-7-9(14)5-8(13)11(17-4)10(7)16-3/h5H,6,15H2,1-4H3. The first-order valence-corrected chi connectivity index (χ1v) is 6.35. The van der Waals surface area contributed by atoms with Gasteiger partial charge in [-0.05, 0) is 42.3 Å². The van der Waals surface area contributed by atoms with Crippen LogP contribution in [0.3, 0.4) is 0 Å². The lowest BCUT2D eigenvalue weighted by atomic mass is 9.95. The van der Waals surface area contributed by atoms with Gasteiger partial charge in [0, 0.05) is 16.1 Å². The molecule has 0 saturated heterocycles. The Morgan fingerprint density at radius 2 is 1.82 bits per heavy atom. The largest absolute Gasteiger partial charge is 0.492 e. The number of hydrogen-bond acceptors (Lipinski definition) is 3. The lowest BCUT2D eigenvalue weighted by Crippen LogP contribution is -2.34. The topological polar surface area (TPSA) is 44.5 Å². The number of halogens is 2. The molecule has 0 spiro atoms. The summed E-state index contributed by atoms with van der Waals surface area (Å²) >= 11 is 9.62. The fourth-order valence-electron chi connectivity index (χ4n) is 1.64. The number of hydrogen-bond donors (Lipinski definition) is 1. The molecule has 0 unspecified atom stereocenters. The summed E-state index contributed by atoms with van der Waals surface area (Å²) in [6, 6.07) is 1.80. The second-order valence-corrected chi connectivity index (χ2v) is 5.81. The van der Waals surface area contributed by atoms with Crippen molar-refractivity contribution < 1.29 is 9.47 Å². The maximum Gasteiger partial charge on any atom is 0.175 e. The lowest BCUT2D eigenvalue weighted by molar-refractivity contribution is 0.347. The van der Waals surface area contributed by atoms with E-state index in [0.717, 1.165) is 10.0 Å². The van der Waals surface area contributed by atoms with Crippen molar-refractivity contribution in [2.45, 2.75) is 25.8 Å². The predicted molar refractivity (Wildman–Crippen MR) is 74.2 cm³/mol. The van der Waals surface area contributed by atoms with E-state index in [-0.39, 0.29) is 5.54 Å². The fourth-order valence-corrected chi connectivity index (χ4v) is 2.61. The highest BCUT2D eigenvalue weighted by Crippen LogP contribution is 2.43. The molecule has 0 fully saturated rings. The molecule has 0 atom stereocenters. The second-order valence-electron chi connectivity index (χ2n) is 4.55. The van der Waals surface area contributed by atoms with Crippen LogP contribution in [0.1, 0.15) is 19.4 Å². The average Bonchev–Trinajstić information content (AvgIpc) is 2.19. The van der Waals surface area contributed by atoms with Crippen molar-refractivity contribution in [2.24, 2.45) is 5.73 Å². The molecule has 1 aromatic rings. The van der Waals surface area contributed by atoms with E-state index >= 15 is 0 Å². The van der Waals surface area contributed by atoms with Crippen LogP contribution in [0.2, 0.25) is 5.02 Å². The Labute approximate surface area is 115 Å². The minimum atomic E-state index is -0.365. The molecule has 17 heavy (non-hydrogen) atoms. The molecule has 2 N–H and O–H groups in total. The van der Waals surface area contributed by atoms with Crippen LogP contribution >= 0.6 is 27.5 Å². The van der Waals surface area contributed by atoms with Crippen molar-refractivity contribution in [2.75, 3.05) is 14.2 Å². The number of nitrogens with two attached hydrogens (primary N) is 1. The third-order valence-corrected chi connectivity index (χ3v) is 3.21. The normalized spacial score (nSPS) is 11.5. The van der Waals surface area contributed by atoms with Gasteiger partial charge in [-0.1, -0.05) is 11.6 Å². The molecule has 0 amide bonds. The van der Waals surface area contributed by atoms with E-state index in [1.54, 1.807) is 20.3 Å². The highest BCUT2D eigenvalue weighted by molar-refractivity contribution is 9.10. The number of rotatable bonds is 4. The molecule has 5 heteroatoms. The van der Waals surface area contributed by atoms with Crippen LogP contribution < -0.4 is 15.2 Å². The number of methoxy groups -OCH3 is 2. The van der Waals surface area contributed by atoms with Crippen molar-refractivity contribution >= 4 is 27.5 Å². The molecular formula is C12H17BrClNO2. The Morgan fingerprint density at radius 3 is 2.24 bits per heavy atom. The molecule has 0 saturated carbocycles. The molecule has 0 radical (unpaired) electrons. The zero-order chi connectivity index (χ0) is 13.2. The minimum absolute atomic E-state index is 0.365. The molecule has 3 nitrogen and oxygen atoms in total. The summed E-state index contributed by atoms with van der Waals surface area (Å²) in [5, 5.41) is 0.619. The fraction of sp³-hybridized carbons (Fsp3) is 0.500. The van der Waals surface area contributed by atoms with Crippen molar-refractivity contribution in [3.63, 3.8) is 0 Å². The van der Waals surface area contributed by atoms with Gasteiger partial charge in [0.05, 0.1) is 18.7 Å². The lowest BCUT2D eigenvalue weighted by Gasteiger charge is -2.22. The predicted octanol–water partition coefficient (Wildman–Crippen LogP) is 3.40. The quantitative estimate of drug-likeness (QED) is 0.924. The summed E-state index contributed by atoms with van der Waals surface area (Å²) in [6.07, 6.45) is 0.610. The van der Waals surface area contributed by atoms with Crippen LogP contribution in [-0.2, 0) is 6.42 Å². The molecule has 1 rings (SSSR count). The van der Waals surface area contributed by atoms with Gasteiger partial charge in [0.15, 0.2) is 11.5 Å². The first kappa shape index (κ1) is 14.6. The van der Waals surface area contributed by atoms with Crippen LogP contribution in [0, 0.1) is 0 Å². The van der Waals surface area contributed by atoms with Crippen LogP contribution in [-0.4, -0.2) is 19.8 Å². The Hall–Kier alpha value is -0.450. The van der Waals surface area contributed by atoms with Crippen LogP contribution in [0.15, 0.2) is 10.5 Å². The molecule has 1 aromatic carbocycles. The van der Waals surface area contributed by atoms with E-state index in [9.17, 15) is 0 Å². The molecule has 0 aliphatic carbocycles. The third kappa shape index (κ3) is 3.50. The molecule has 0 heterocycles. The second kappa shape index (κ2) is 5.46. The van der Waals surface area contributed by atoms with E-state index < -0.39 is 0 Å². The number of benzene rings is 1. The van der Waals surface area contributed by atoms with E-state index in [1.165, 1.54) is 0 Å². The Bertz CT molecular complexity index is 416. The third-order valence-electron chi connectivity index (χ3n) is 2.28. The number of ether oxygens (including phenoxy) is 2. The first-order valence-electron chi connectivity index (χ1n) is 5.18. The monoisotopic (exact) mass is 321 g/mol. The van der Waals surface area contributed by atoms with Gasteiger partial charge in [0.1, 0.15) is 0 Å². The zero-order valence-electron chi connectivity index (χ0n) is 10.4. The van der Waals surface area contributed by atoms with Gasteiger partial charge < -0.3 is 15.2 Å². The van der Waals surface area contributed by atoms with Gasteiger partial charge in [-0.3, -0.25) is 0 Å². The van der Waals surface area contributed by atoms with Crippen molar-refractivity contribution in [1.29, 1.82) is 0 Å². The summed E-state index contributed by atoms with van der Waals surface area (Å²) in [5.74, 6) is 1.27. The summed E-state index contributed by atoms with van der Waals surface area (Å²) in [7, 11) is 3.18. The molecule has 0 bridgehead atoms. The van der Waals surface area contributed by atoms with Crippen molar-refractivity contribution in [3.8, 4) is 11.5 Å². The Balaban J connectivity index is 3.37.